The van der Waals surface area contributed by atoms with Crippen LogP contribution in [0.25, 0.3) is 10.9 Å². The Balaban J connectivity index is 1.59. The van der Waals surface area contributed by atoms with Crippen molar-refractivity contribution in [2.75, 3.05) is 0 Å². The number of carbonyl (C=O) groups is 1. The average Bonchev–Trinajstić information content (AvgIpc) is 3.42. The number of hydrogen-bond donors (Lipinski definition) is 1. The molecule has 3 aromatic rings. The topological polar surface area (TPSA) is 86.7 Å². The summed E-state index contributed by atoms with van der Waals surface area (Å²) in [6, 6.07) is 7.99. The fourth-order valence-electron chi connectivity index (χ4n) is 3.13. The number of primary amides is 1. The maximum atomic E-state index is 11.2. The number of fused-ring (bicyclic) bond motifs is 1. The van der Waals surface area contributed by atoms with Crippen LogP contribution in [0, 0.1) is 6.92 Å². The number of rotatable bonds is 7. The third-order valence-corrected chi connectivity index (χ3v) is 6.23. The van der Waals surface area contributed by atoms with E-state index in [0.717, 1.165) is 46.0 Å². The van der Waals surface area contributed by atoms with Crippen LogP contribution in [0.4, 0.5) is 0 Å². The number of halogens is 1. The minimum absolute atomic E-state index is 0.277. The van der Waals surface area contributed by atoms with Gasteiger partial charge in [-0.2, -0.15) is 0 Å². The number of carbonyl (C=O) groups excluding carboxylic acids is 1. The Morgan fingerprint density at radius 2 is 2.11 bits per heavy atom. The van der Waals surface area contributed by atoms with Gasteiger partial charge in [0.15, 0.2) is 5.16 Å². The van der Waals surface area contributed by atoms with Crippen molar-refractivity contribution in [1.29, 1.82) is 0 Å². The molecule has 0 aliphatic heterocycles. The molecule has 2 heterocycles. The normalized spacial score (nSPS) is 14.0. The molecule has 4 rings (SSSR count). The Morgan fingerprint density at radius 3 is 2.85 bits per heavy atom. The van der Waals surface area contributed by atoms with Crippen molar-refractivity contribution in [2.45, 2.75) is 49.6 Å². The quantitative estimate of drug-likeness (QED) is 0.608. The third kappa shape index (κ3) is 3.80. The number of nitrogens with two attached hydrogens (primary N) is 1. The summed E-state index contributed by atoms with van der Waals surface area (Å²) in [4.78, 5) is 15.9. The van der Waals surface area contributed by atoms with Crippen LogP contribution in [0.2, 0.25) is 5.02 Å². The SMILES string of the molecule is Cc1c(Cl)c(CSc2nnc(C3CC3)n2CCC(N)=O)nc2ccccc12. The standard InChI is InChI=1S/C19H20ClN5OS/c1-11-13-4-2-3-5-14(13)22-15(17(11)20)10-27-19-24-23-18(12-6-7-12)25(19)9-8-16(21)26/h2-5,12H,6-10H2,1H3,(H2,21,26). The van der Waals surface area contributed by atoms with Crippen LogP contribution in [-0.4, -0.2) is 25.7 Å². The van der Waals surface area contributed by atoms with Gasteiger partial charge in [-0.05, 0) is 31.4 Å². The highest BCUT2D eigenvalue weighted by atomic mass is 35.5. The minimum atomic E-state index is -0.323. The van der Waals surface area contributed by atoms with Gasteiger partial charge in [-0.25, -0.2) is 0 Å². The largest absolute Gasteiger partial charge is 0.370 e. The number of hydrogen-bond acceptors (Lipinski definition) is 5. The molecule has 0 radical (unpaired) electrons. The Hall–Kier alpha value is -2.12. The van der Waals surface area contributed by atoms with Gasteiger partial charge in [0.2, 0.25) is 5.91 Å². The number of nitrogens with zero attached hydrogens (tertiary/aromatic N) is 4. The van der Waals surface area contributed by atoms with E-state index in [-0.39, 0.29) is 12.3 Å². The maximum absolute atomic E-state index is 11.2. The number of aryl methyl sites for hydroxylation is 1. The van der Waals surface area contributed by atoms with Gasteiger partial charge in [0.05, 0.1) is 16.2 Å². The molecule has 1 aliphatic rings. The van der Waals surface area contributed by atoms with Crippen LogP contribution in [-0.2, 0) is 17.1 Å². The highest BCUT2D eigenvalue weighted by Crippen LogP contribution is 2.40. The molecule has 1 aromatic carbocycles. The van der Waals surface area contributed by atoms with Crippen LogP contribution in [0.15, 0.2) is 29.4 Å². The minimum Gasteiger partial charge on any atom is -0.370 e. The lowest BCUT2D eigenvalue weighted by atomic mass is 10.1. The first kappa shape index (κ1) is 18.3. The van der Waals surface area contributed by atoms with Crippen molar-refractivity contribution in [2.24, 2.45) is 5.73 Å². The third-order valence-electron chi connectivity index (χ3n) is 4.75. The van der Waals surface area contributed by atoms with E-state index in [1.807, 2.05) is 35.8 Å². The van der Waals surface area contributed by atoms with E-state index < -0.39 is 0 Å². The van der Waals surface area contributed by atoms with Crippen LogP contribution < -0.4 is 5.73 Å². The Bertz CT molecular complexity index is 1010. The van der Waals surface area contributed by atoms with Gasteiger partial charge in [0.25, 0.3) is 0 Å². The molecular weight excluding hydrogens is 382 g/mol. The zero-order valence-corrected chi connectivity index (χ0v) is 16.6. The lowest BCUT2D eigenvalue weighted by Crippen LogP contribution is -2.15. The number of thioether (sulfide) groups is 1. The van der Waals surface area contributed by atoms with Gasteiger partial charge in [0, 0.05) is 30.0 Å². The molecule has 0 atom stereocenters. The lowest BCUT2D eigenvalue weighted by Gasteiger charge is -2.11. The Morgan fingerprint density at radius 1 is 1.33 bits per heavy atom. The highest BCUT2D eigenvalue weighted by Gasteiger charge is 2.30. The second-order valence-electron chi connectivity index (χ2n) is 6.79. The molecule has 0 bridgehead atoms. The van der Waals surface area contributed by atoms with Crippen molar-refractivity contribution in [3.05, 3.63) is 46.4 Å². The van der Waals surface area contributed by atoms with E-state index in [0.29, 0.717) is 23.2 Å². The van der Waals surface area contributed by atoms with Crippen molar-refractivity contribution in [1.82, 2.24) is 19.7 Å². The summed E-state index contributed by atoms with van der Waals surface area (Å²) in [5.41, 5.74) is 8.13. The molecule has 1 saturated carbocycles. The molecular formula is C19H20ClN5OS. The first-order valence-electron chi connectivity index (χ1n) is 8.92. The van der Waals surface area contributed by atoms with E-state index in [2.05, 4.69) is 10.2 Å². The summed E-state index contributed by atoms with van der Waals surface area (Å²) in [6.45, 7) is 2.52. The molecule has 0 saturated heterocycles. The second-order valence-corrected chi connectivity index (χ2v) is 8.11. The van der Waals surface area contributed by atoms with Crippen LogP contribution in [0.3, 0.4) is 0 Å². The van der Waals surface area contributed by atoms with Gasteiger partial charge in [-0.1, -0.05) is 41.6 Å². The predicted octanol–water partition coefficient (Wildman–Crippen LogP) is 3.83. The summed E-state index contributed by atoms with van der Waals surface area (Å²) in [5.74, 6) is 1.66. The highest BCUT2D eigenvalue weighted by molar-refractivity contribution is 7.98. The molecule has 2 N–H and O–H groups in total. The fraction of sp³-hybridized carbons (Fsp3) is 0.368. The van der Waals surface area contributed by atoms with E-state index in [1.54, 1.807) is 0 Å². The number of amides is 1. The number of aromatic nitrogens is 4. The molecule has 140 valence electrons. The number of para-hydroxylation sites is 1. The molecule has 8 heteroatoms. The van der Waals surface area contributed by atoms with E-state index in [9.17, 15) is 4.79 Å². The Labute approximate surface area is 166 Å². The number of benzene rings is 1. The molecule has 2 aromatic heterocycles. The number of pyridine rings is 1. The first-order valence-corrected chi connectivity index (χ1v) is 10.3. The van der Waals surface area contributed by atoms with Crippen LogP contribution in [0.1, 0.15) is 42.3 Å². The van der Waals surface area contributed by atoms with E-state index >= 15 is 0 Å². The summed E-state index contributed by atoms with van der Waals surface area (Å²) in [7, 11) is 0. The smallest absolute Gasteiger partial charge is 0.219 e. The van der Waals surface area contributed by atoms with Gasteiger partial charge in [-0.3, -0.25) is 9.78 Å². The fourth-order valence-corrected chi connectivity index (χ4v) is 4.33. The maximum Gasteiger partial charge on any atom is 0.219 e. The van der Waals surface area contributed by atoms with Crippen molar-refractivity contribution < 1.29 is 4.79 Å². The van der Waals surface area contributed by atoms with Gasteiger partial charge in [0.1, 0.15) is 5.82 Å². The summed E-state index contributed by atoms with van der Waals surface area (Å²) in [6.07, 6.45) is 2.52. The zero-order valence-electron chi connectivity index (χ0n) is 15.0. The van der Waals surface area contributed by atoms with E-state index in [1.165, 1.54) is 11.8 Å². The van der Waals surface area contributed by atoms with Crippen LogP contribution in [0.5, 0.6) is 0 Å². The van der Waals surface area contributed by atoms with E-state index in [4.69, 9.17) is 22.3 Å². The summed E-state index contributed by atoms with van der Waals surface area (Å²) < 4.78 is 2.02. The molecule has 0 spiro atoms. The zero-order chi connectivity index (χ0) is 19.0. The average molecular weight is 402 g/mol. The first-order chi connectivity index (χ1) is 13.0. The second kappa shape index (κ2) is 7.48. The lowest BCUT2D eigenvalue weighted by molar-refractivity contribution is -0.118. The summed E-state index contributed by atoms with van der Waals surface area (Å²) >= 11 is 8.11. The summed E-state index contributed by atoms with van der Waals surface area (Å²) in [5, 5.41) is 11.2. The molecule has 1 amide bonds. The molecule has 0 unspecified atom stereocenters. The molecule has 27 heavy (non-hydrogen) atoms. The van der Waals surface area contributed by atoms with Gasteiger partial charge < -0.3 is 10.3 Å². The van der Waals surface area contributed by atoms with Gasteiger partial charge in [-0.15, -0.1) is 10.2 Å². The molecule has 1 aliphatic carbocycles. The van der Waals surface area contributed by atoms with Crippen molar-refractivity contribution >= 4 is 40.2 Å². The Kier molecular flexibility index (Phi) is 5.06. The predicted molar refractivity (Wildman–Crippen MR) is 107 cm³/mol. The van der Waals surface area contributed by atoms with Crippen molar-refractivity contribution in [3.63, 3.8) is 0 Å². The van der Waals surface area contributed by atoms with Gasteiger partial charge >= 0.3 is 0 Å². The monoisotopic (exact) mass is 401 g/mol. The molecule has 1 fully saturated rings. The molecule has 6 nitrogen and oxygen atoms in total. The van der Waals surface area contributed by atoms with Crippen LogP contribution >= 0.6 is 23.4 Å². The van der Waals surface area contributed by atoms with Crippen molar-refractivity contribution in [3.8, 4) is 0 Å².